The number of nitrogens with one attached hydrogen (secondary N) is 2. The van der Waals surface area contributed by atoms with Crippen LogP contribution in [-0.2, 0) is 17.6 Å². The van der Waals surface area contributed by atoms with Crippen LogP contribution in [0.25, 0.3) is 10.9 Å². The smallest absolute Gasteiger partial charge is 0.321 e. The summed E-state index contributed by atoms with van der Waals surface area (Å²) in [5.41, 5.74) is 3.27. The predicted molar refractivity (Wildman–Crippen MR) is 91.6 cm³/mol. The largest absolute Gasteiger partial charge is 1.00 e. The van der Waals surface area contributed by atoms with E-state index in [2.05, 4.69) is 22.4 Å². The van der Waals surface area contributed by atoms with Crippen molar-refractivity contribution in [3.8, 4) is 0 Å². The minimum absolute atomic E-state index is 0. The number of rotatable bonds is 7. The van der Waals surface area contributed by atoms with Crippen molar-refractivity contribution in [2.24, 2.45) is 0 Å². The first kappa shape index (κ1) is 18.0. The van der Waals surface area contributed by atoms with Gasteiger partial charge in [0.25, 0.3) is 0 Å². The van der Waals surface area contributed by atoms with E-state index in [1.165, 1.54) is 5.56 Å². The van der Waals surface area contributed by atoms with E-state index in [0.29, 0.717) is 13.0 Å². The number of para-hydroxylation sites is 1. The summed E-state index contributed by atoms with van der Waals surface area (Å²) < 4.78 is 0. The number of carboxylic acid groups (broad SMARTS) is 1. The molecule has 3 aromatic rings. The van der Waals surface area contributed by atoms with Gasteiger partial charge in [0.05, 0.1) is 0 Å². The lowest BCUT2D eigenvalue weighted by Gasteiger charge is -2.14. The Balaban J connectivity index is 0.00000208. The van der Waals surface area contributed by atoms with Crippen LogP contribution in [0.1, 0.15) is 11.1 Å². The fraction of sp³-hybridized carbons (Fsp3) is 0.211. The zero-order valence-corrected chi connectivity index (χ0v) is 14.0. The molecule has 1 unspecified atom stereocenters. The maximum atomic E-state index is 11.5. The Kier molecular flexibility index (Phi) is 6.41. The highest BCUT2D eigenvalue weighted by atomic mass is 35.5. The number of aromatic amines is 1. The molecule has 0 aliphatic carbocycles. The molecule has 126 valence electrons. The molecule has 0 radical (unpaired) electrons. The Morgan fingerprint density at radius 2 is 1.79 bits per heavy atom. The molecule has 2 aromatic carbocycles. The standard InChI is InChI=1S/C19H20N2O2.ClH/c22-19(23)18(20-11-10-14-6-2-1-3-7-14)12-15-13-21-17-9-5-4-8-16(15)17;/h1-9,13,18,20-21H,10-12H2,(H,22,23);1H/p-1. The van der Waals surface area contributed by atoms with E-state index in [1.54, 1.807) is 0 Å². The van der Waals surface area contributed by atoms with E-state index in [0.717, 1.165) is 22.9 Å². The fourth-order valence-electron chi connectivity index (χ4n) is 2.80. The van der Waals surface area contributed by atoms with Gasteiger partial charge in [0.2, 0.25) is 0 Å². The van der Waals surface area contributed by atoms with Crippen molar-refractivity contribution in [2.75, 3.05) is 6.54 Å². The second-order valence-corrected chi connectivity index (χ2v) is 5.64. The number of H-pyrrole nitrogens is 1. The molecule has 5 heteroatoms. The van der Waals surface area contributed by atoms with Gasteiger partial charge < -0.3 is 27.8 Å². The van der Waals surface area contributed by atoms with E-state index in [4.69, 9.17) is 0 Å². The number of hydrogen-bond acceptors (Lipinski definition) is 2. The molecule has 3 rings (SSSR count). The number of aliphatic carboxylic acids is 1. The molecule has 24 heavy (non-hydrogen) atoms. The molecule has 0 spiro atoms. The van der Waals surface area contributed by atoms with E-state index < -0.39 is 12.0 Å². The van der Waals surface area contributed by atoms with Gasteiger partial charge in [0.1, 0.15) is 6.04 Å². The first-order valence-corrected chi connectivity index (χ1v) is 7.79. The average molecular weight is 344 g/mol. The lowest BCUT2D eigenvalue weighted by atomic mass is 10.0. The van der Waals surface area contributed by atoms with Gasteiger partial charge in [-0.1, -0.05) is 48.5 Å². The van der Waals surface area contributed by atoms with Gasteiger partial charge in [-0.2, -0.15) is 0 Å². The highest BCUT2D eigenvalue weighted by Gasteiger charge is 2.18. The third kappa shape index (κ3) is 4.37. The predicted octanol–water partition coefficient (Wildman–Crippen LogP) is -0.0001000. The summed E-state index contributed by atoms with van der Waals surface area (Å²) in [6.07, 6.45) is 3.19. The molecule has 0 aliphatic rings. The molecule has 0 bridgehead atoms. The highest BCUT2D eigenvalue weighted by Crippen LogP contribution is 2.19. The van der Waals surface area contributed by atoms with Crippen molar-refractivity contribution < 1.29 is 22.3 Å². The van der Waals surface area contributed by atoms with Crippen LogP contribution in [0.2, 0.25) is 0 Å². The average Bonchev–Trinajstić information content (AvgIpc) is 2.98. The second kappa shape index (κ2) is 8.52. The summed E-state index contributed by atoms with van der Waals surface area (Å²) in [6.45, 7) is 0.642. The second-order valence-electron chi connectivity index (χ2n) is 5.64. The number of halogens is 1. The van der Waals surface area contributed by atoms with Gasteiger partial charge >= 0.3 is 5.97 Å². The van der Waals surface area contributed by atoms with Gasteiger partial charge in [0.15, 0.2) is 0 Å². The molecular weight excluding hydrogens is 324 g/mol. The molecule has 3 N–H and O–H groups in total. The van der Waals surface area contributed by atoms with E-state index in [-0.39, 0.29) is 12.4 Å². The first-order chi connectivity index (χ1) is 11.2. The lowest BCUT2D eigenvalue weighted by Crippen LogP contribution is -3.00. The molecule has 0 aliphatic heterocycles. The molecule has 1 aromatic heterocycles. The van der Waals surface area contributed by atoms with Crippen molar-refractivity contribution in [3.63, 3.8) is 0 Å². The van der Waals surface area contributed by atoms with Crippen LogP contribution < -0.4 is 17.7 Å². The monoisotopic (exact) mass is 343 g/mol. The zero-order valence-electron chi connectivity index (χ0n) is 13.2. The maximum Gasteiger partial charge on any atom is 0.321 e. The van der Waals surface area contributed by atoms with Crippen LogP contribution >= 0.6 is 0 Å². The molecule has 0 amide bonds. The number of carbonyl (C=O) groups is 1. The Morgan fingerprint density at radius 1 is 1.08 bits per heavy atom. The van der Waals surface area contributed by atoms with E-state index in [1.807, 2.05) is 48.7 Å². The number of carboxylic acids is 1. The summed E-state index contributed by atoms with van der Waals surface area (Å²) in [5.74, 6) is -0.816. The summed E-state index contributed by atoms with van der Waals surface area (Å²) in [4.78, 5) is 14.7. The molecule has 0 saturated carbocycles. The summed E-state index contributed by atoms with van der Waals surface area (Å²) in [6, 6.07) is 17.4. The Morgan fingerprint density at radius 3 is 2.54 bits per heavy atom. The zero-order chi connectivity index (χ0) is 16.1. The van der Waals surface area contributed by atoms with Crippen LogP contribution in [0, 0.1) is 0 Å². The van der Waals surface area contributed by atoms with Crippen LogP contribution in [-0.4, -0.2) is 28.6 Å². The SMILES string of the molecule is O=C(O)C(Cc1c[nH]c2ccccc12)NCCc1ccccc1.[Cl-]. The Bertz CT molecular complexity index is 786. The van der Waals surface area contributed by atoms with Crippen molar-refractivity contribution >= 4 is 16.9 Å². The number of hydrogen-bond donors (Lipinski definition) is 3. The number of benzene rings is 2. The molecule has 0 fully saturated rings. The Labute approximate surface area is 147 Å². The van der Waals surface area contributed by atoms with Crippen LogP contribution in [0.3, 0.4) is 0 Å². The summed E-state index contributed by atoms with van der Waals surface area (Å²) in [7, 11) is 0. The minimum atomic E-state index is -0.816. The number of aromatic nitrogens is 1. The third-order valence-corrected chi connectivity index (χ3v) is 4.04. The Hall–Kier alpha value is -2.30. The van der Waals surface area contributed by atoms with Gasteiger partial charge in [-0.25, -0.2) is 0 Å². The molecule has 0 saturated heterocycles. The quantitative estimate of drug-likeness (QED) is 0.566. The number of fused-ring (bicyclic) bond motifs is 1. The minimum Gasteiger partial charge on any atom is -1.00 e. The van der Waals surface area contributed by atoms with Crippen LogP contribution in [0.15, 0.2) is 60.8 Å². The molecule has 4 nitrogen and oxygen atoms in total. The highest BCUT2D eigenvalue weighted by molar-refractivity contribution is 5.84. The van der Waals surface area contributed by atoms with Crippen LogP contribution in [0.5, 0.6) is 0 Å². The fourth-order valence-corrected chi connectivity index (χ4v) is 2.80. The lowest BCUT2D eigenvalue weighted by molar-refractivity contribution is -0.139. The topological polar surface area (TPSA) is 65.1 Å². The van der Waals surface area contributed by atoms with E-state index in [9.17, 15) is 9.90 Å². The van der Waals surface area contributed by atoms with Gasteiger partial charge in [-0.15, -0.1) is 0 Å². The van der Waals surface area contributed by atoms with Crippen molar-refractivity contribution in [3.05, 3.63) is 71.9 Å². The summed E-state index contributed by atoms with van der Waals surface area (Å²) in [5, 5.41) is 13.7. The van der Waals surface area contributed by atoms with E-state index >= 15 is 0 Å². The van der Waals surface area contributed by atoms with Gasteiger partial charge in [0, 0.05) is 23.5 Å². The van der Waals surface area contributed by atoms with Crippen molar-refractivity contribution in [1.29, 1.82) is 0 Å². The van der Waals surface area contributed by atoms with Crippen LogP contribution in [0.4, 0.5) is 0 Å². The van der Waals surface area contributed by atoms with Gasteiger partial charge in [-0.3, -0.25) is 4.79 Å². The van der Waals surface area contributed by atoms with Crippen molar-refractivity contribution in [2.45, 2.75) is 18.9 Å². The van der Waals surface area contributed by atoms with Crippen molar-refractivity contribution in [1.82, 2.24) is 10.3 Å². The molecular formula is C19H20ClN2O2-. The normalized spacial score (nSPS) is 11.8. The maximum absolute atomic E-state index is 11.5. The summed E-state index contributed by atoms with van der Waals surface area (Å²) >= 11 is 0. The third-order valence-electron chi connectivity index (χ3n) is 4.04. The molecule has 1 heterocycles. The van der Waals surface area contributed by atoms with Gasteiger partial charge in [-0.05, 0) is 30.2 Å². The first-order valence-electron chi connectivity index (χ1n) is 7.79. The molecule has 1 atom stereocenters.